The third-order valence-corrected chi connectivity index (χ3v) is 11.0. The van der Waals surface area contributed by atoms with E-state index in [1.54, 1.807) is 14.2 Å². The Morgan fingerprint density at radius 1 is 0.698 bits per heavy atom. The van der Waals surface area contributed by atoms with Gasteiger partial charge in [-0.3, -0.25) is 4.79 Å². The molecular formula is C44H48N2O6S. The van der Waals surface area contributed by atoms with Gasteiger partial charge in [-0.15, -0.1) is 0 Å². The highest BCUT2D eigenvalue weighted by Gasteiger charge is 2.33. The number of allylic oxidation sites excluding steroid dienone is 1. The summed E-state index contributed by atoms with van der Waals surface area (Å²) in [6.07, 6.45) is 3.83. The van der Waals surface area contributed by atoms with Crippen molar-refractivity contribution in [1.29, 1.82) is 0 Å². The van der Waals surface area contributed by atoms with Gasteiger partial charge in [0.25, 0.3) is 5.78 Å². The molecule has 0 spiro atoms. The summed E-state index contributed by atoms with van der Waals surface area (Å²) in [5, 5.41) is 9.39. The minimum atomic E-state index is -3.40. The molecule has 0 aromatic heterocycles. The van der Waals surface area contributed by atoms with Crippen LogP contribution in [0, 0.1) is 0 Å². The lowest BCUT2D eigenvalue weighted by molar-refractivity contribution is -0.00436. The Morgan fingerprint density at radius 3 is 1.55 bits per heavy atom. The zero-order chi connectivity index (χ0) is 37.7. The first-order valence-electron chi connectivity index (χ1n) is 16.7. The van der Waals surface area contributed by atoms with Crippen molar-refractivity contribution in [1.82, 2.24) is 0 Å². The number of fused-ring (bicyclic) bond motifs is 1. The molecule has 53 heavy (non-hydrogen) atoms. The number of methoxy groups -OCH3 is 2. The molecule has 6 rings (SSSR count). The van der Waals surface area contributed by atoms with Gasteiger partial charge >= 0.3 is 5.71 Å². The number of benzene rings is 5. The third-order valence-electron chi connectivity index (χ3n) is 9.84. The number of carbonyl (C=O) groups is 1. The Labute approximate surface area is 314 Å². The van der Waals surface area contributed by atoms with E-state index in [1.165, 1.54) is 58.2 Å². The molecule has 9 heteroatoms. The molecular weight excluding hydrogens is 685 g/mol. The van der Waals surface area contributed by atoms with Crippen LogP contribution in [-0.2, 0) is 27.3 Å². The van der Waals surface area contributed by atoms with Crippen LogP contribution in [0.2, 0.25) is 0 Å². The number of hydrogen-bond donors (Lipinski definition) is 1. The van der Waals surface area contributed by atoms with Crippen LogP contribution in [0.4, 0.5) is 0 Å². The van der Waals surface area contributed by atoms with Crippen molar-refractivity contribution in [2.24, 2.45) is 0 Å². The van der Waals surface area contributed by atoms with Gasteiger partial charge in [-0.25, -0.2) is 8.42 Å². The monoisotopic (exact) mass is 732 g/mol. The predicted molar refractivity (Wildman–Crippen MR) is 213 cm³/mol. The first kappa shape index (κ1) is 40.2. The summed E-state index contributed by atoms with van der Waals surface area (Å²) in [5.74, 6) is 1.20. The summed E-state index contributed by atoms with van der Waals surface area (Å²) in [7, 11) is -0.0178. The molecule has 0 saturated carbocycles. The average molecular weight is 733 g/mol. The number of ether oxygens (including phenoxy) is 2. The van der Waals surface area contributed by atoms with Crippen LogP contribution in [0.15, 0.2) is 126 Å². The maximum absolute atomic E-state index is 11.8. The standard InChI is InChI=1S/C32H34O3.C11H8N2O3S.CH4.H2/c1-31(2,24-8-6-23(22-33)7-9-24)25-10-12-26(13-11-25)32(3,27-14-18-29(34-4)19-15-27)28-16-20-30(35-5)21-17-28;1-17(15,16)10-4-2-3-8-7(10)5-6-9(13-12)11(8)14;;/h6-21,33H,22H2,1-5H3;2-6H,1H3;1H4;1H. The Hall–Kier alpha value is -5.60. The second-order valence-electron chi connectivity index (χ2n) is 13.3. The zero-order valence-corrected chi connectivity index (χ0v) is 30.9. The van der Waals surface area contributed by atoms with E-state index >= 15 is 0 Å². The summed E-state index contributed by atoms with van der Waals surface area (Å²) in [6.45, 7) is 6.80. The molecule has 1 aliphatic rings. The fourth-order valence-electron chi connectivity index (χ4n) is 6.45. The molecule has 0 atom stereocenters. The van der Waals surface area contributed by atoms with Crippen LogP contribution in [0.25, 0.3) is 11.6 Å². The second kappa shape index (κ2) is 16.4. The maximum atomic E-state index is 11.8. The van der Waals surface area contributed by atoms with E-state index in [9.17, 15) is 18.3 Å². The van der Waals surface area contributed by atoms with E-state index in [1.807, 2.05) is 36.4 Å². The van der Waals surface area contributed by atoms with Crippen molar-refractivity contribution in [3.05, 3.63) is 171 Å². The number of carbonyl (C=O) groups excluding carboxylic acids is 1. The molecule has 0 unspecified atom stereocenters. The number of hydrogen-bond acceptors (Lipinski definition) is 6. The minimum Gasteiger partial charge on any atom is -0.497 e. The van der Waals surface area contributed by atoms with Gasteiger partial charge in [0.2, 0.25) is 0 Å². The van der Waals surface area contributed by atoms with Crippen LogP contribution >= 0.6 is 0 Å². The molecule has 0 amide bonds. The fourth-order valence-corrected chi connectivity index (χ4v) is 7.36. The number of ketones is 1. The van der Waals surface area contributed by atoms with Crippen molar-refractivity contribution < 1.29 is 34.0 Å². The van der Waals surface area contributed by atoms with Gasteiger partial charge in [0.05, 0.1) is 25.7 Å². The molecule has 0 fully saturated rings. The highest BCUT2D eigenvalue weighted by molar-refractivity contribution is 7.90. The lowest BCUT2D eigenvalue weighted by Gasteiger charge is -2.33. The molecule has 0 saturated heterocycles. The average Bonchev–Trinajstić information content (AvgIpc) is 3.17. The first-order valence-corrected chi connectivity index (χ1v) is 18.5. The van der Waals surface area contributed by atoms with Gasteiger partial charge in [0, 0.05) is 35.7 Å². The van der Waals surface area contributed by atoms with E-state index in [0.717, 1.165) is 23.3 Å². The van der Waals surface area contributed by atoms with Gasteiger partial charge in [0.1, 0.15) is 11.5 Å². The number of aliphatic hydroxyl groups is 1. The van der Waals surface area contributed by atoms with Gasteiger partial charge < -0.3 is 20.1 Å². The Balaban J connectivity index is 0.000000348. The number of rotatable bonds is 9. The van der Waals surface area contributed by atoms with Crippen LogP contribution in [-0.4, -0.2) is 50.3 Å². The number of nitrogens with zero attached hydrogens (tertiary/aromatic N) is 2. The molecule has 0 bridgehead atoms. The van der Waals surface area contributed by atoms with Crippen LogP contribution in [0.3, 0.4) is 0 Å². The summed E-state index contributed by atoms with van der Waals surface area (Å²) in [5.41, 5.74) is 15.5. The summed E-state index contributed by atoms with van der Waals surface area (Å²) < 4.78 is 33.9. The molecule has 0 heterocycles. The third kappa shape index (κ3) is 8.23. The predicted octanol–water partition coefficient (Wildman–Crippen LogP) is 8.73. The van der Waals surface area contributed by atoms with Crippen molar-refractivity contribution >= 4 is 27.4 Å². The zero-order valence-electron chi connectivity index (χ0n) is 30.1. The smallest absolute Gasteiger partial charge is 0.362 e. The first-order chi connectivity index (χ1) is 24.8. The van der Waals surface area contributed by atoms with Gasteiger partial charge in [-0.2, -0.15) is 4.79 Å². The topological polar surface area (TPSA) is 126 Å². The van der Waals surface area contributed by atoms with E-state index in [2.05, 4.69) is 86.2 Å². The highest BCUT2D eigenvalue weighted by Crippen LogP contribution is 2.41. The summed E-state index contributed by atoms with van der Waals surface area (Å²) in [6, 6.07) is 38.2. The lowest BCUT2D eigenvalue weighted by Crippen LogP contribution is -2.26. The number of sulfone groups is 1. The minimum absolute atomic E-state index is 0. The number of aliphatic hydroxyl groups excluding tert-OH is 1. The molecule has 1 aliphatic carbocycles. The highest BCUT2D eigenvalue weighted by atomic mass is 32.2. The van der Waals surface area contributed by atoms with Crippen molar-refractivity contribution in [2.45, 2.75) is 50.5 Å². The molecule has 276 valence electrons. The summed E-state index contributed by atoms with van der Waals surface area (Å²) >= 11 is 0. The van der Waals surface area contributed by atoms with Gasteiger partial charge in [-0.1, -0.05) is 106 Å². The van der Waals surface area contributed by atoms with Crippen LogP contribution in [0.1, 0.15) is 78.9 Å². The number of Topliss-reactive ketones (excluding diaryl/α,β-unsaturated/α-hetero) is 1. The van der Waals surface area contributed by atoms with E-state index in [0.29, 0.717) is 5.56 Å². The van der Waals surface area contributed by atoms with E-state index in [-0.39, 0.29) is 42.5 Å². The van der Waals surface area contributed by atoms with E-state index < -0.39 is 15.6 Å². The second-order valence-corrected chi connectivity index (χ2v) is 15.3. The largest absolute Gasteiger partial charge is 0.497 e. The quantitative estimate of drug-likeness (QED) is 0.0918. The molecule has 1 N–H and O–H groups in total. The van der Waals surface area contributed by atoms with Crippen LogP contribution < -0.4 is 9.47 Å². The summed E-state index contributed by atoms with van der Waals surface area (Å²) in [4.78, 5) is 14.7. The molecule has 5 aromatic rings. The molecule has 5 aromatic carbocycles. The van der Waals surface area contributed by atoms with Gasteiger partial charge in [-0.05, 0) is 76.7 Å². The molecule has 0 aliphatic heterocycles. The van der Waals surface area contributed by atoms with Crippen molar-refractivity contribution in [2.75, 3.05) is 20.5 Å². The Morgan fingerprint density at radius 2 is 1.13 bits per heavy atom. The Kier molecular flexibility index (Phi) is 12.4. The molecule has 8 nitrogen and oxygen atoms in total. The van der Waals surface area contributed by atoms with Crippen LogP contribution in [0.5, 0.6) is 11.5 Å². The lowest BCUT2D eigenvalue weighted by atomic mass is 9.70. The Bertz CT molecular complexity index is 2210. The van der Waals surface area contributed by atoms with Gasteiger partial charge in [0.15, 0.2) is 9.84 Å². The van der Waals surface area contributed by atoms with Crippen molar-refractivity contribution in [3.63, 3.8) is 0 Å². The maximum Gasteiger partial charge on any atom is 0.362 e. The fraction of sp³-hybridized carbons (Fsp3) is 0.227. The van der Waals surface area contributed by atoms with Crippen molar-refractivity contribution in [3.8, 4) is 11.5 Å². The van der Waals surface area contributed by atoms with E-state index in [4.69, 9.17) is 15.0 Å². The molecule has 0 radical (unpaired) electrons. The SMILES string of the molecule is C.COc1ccc(C(C)(c2ccc(OC)cc2)c2ccc(C(C)(C)c3ccc(CO)cc3)cc2)cc1.CS(=O)(=O)c1cccc2c1C=CC(=[N+]=[N-])C2=O.[HH]. The normalized spacial score (nSPS) is 12.4.